The van der Waals surface area contributed by atoms with Crippen molar-refractivity contribution < 1.29 is 4.74 Å². The summed E-state index contributed by atoms with van der Waals surface area (Å²) in [6.45, 7) is 0. The van der Waals surface area contributed by atoms with Crippen molar-refractivity contribution in [3.8, 4) is 5.75 Å². The van der Waals surface area contributed by atoms with Gasteiger partial charge in [0.15, 0.2) is 10.8 Å². The van der Waals surface area contributed by atoms with Crippen LogP contribution in [0.5, 0.6) is 5.75 Å². The molecule has 0 saturated heterocycles. The van der Waals surface area contributed by atoms with Gasteiger partial charge in [0.05, 0.1) is 12.3 Å². The first kappa shape index (κ1) is 9.52. The van der Waals surface area contributed by atoms with Gasteiger partial charge in [-0.2, -0.15) is 5.10 Å². The Balaban J connectivity index is 2.15. The fourth-order valence-corrected chi connectivity index (χ4v) is 1.77. The van der Waals surface area contributed by atoms with Gasteiger partial charge < -0.3 is 4.74 Å². The molecule has 14 heavy (non-hydrogen) atoms. The molecular weight excluding hydrogens is 204 g/mol. The summed E-state index contributed by atoms with van der Waals surface area (Å²) in [6.07, 6.45) is 6.06. The molecule has 1 aliphatic rings. The number of ether oxygens (including phenoxy) is 1. The fraction of sp³-hybridized carbons (Fsp3) is 0.556. The number of halogens is 1. The topological polar surface area (TPSA) is 55.0 Å². The minimum atomic E-state index is -0.401. The first-order valence-corrected chi connectivity index (χ1v) is 5.05. The van der Waals surface area contributed by atoms with Crippen LogP contribution >= 0.6 is 11.6 Å². The lowest BCUT2D eigenvalue weighted by Crippen LogP contribution is -2.15. The van der Waals surface area contributed by atoms with E-state index in [-0.39, 0.29) is 11.1 Å². The molecule has 4 nitrogen and oxygen atoms in total. The Labute approximate surface area is 86.2 Å². The van der Waals surface area contributed by atoms with Crippen molar-refractivity contribution in [3.63, 3.8) is 0 Å². The van der Waals surface area contributed by atoms with Crippen molar-refractivity contribution >= 4 is 11.6 Å². The highest BCUT2D eigenvalue weighted by Gasteiger charge is 2.18. The van der Waals surface area contributed by atoms with E-state index < -0.39 is 5.56 Å². The second-order valence-corrected chi connectivity index (χ2v) is 3.78. The quantitative estimate of drug-likeness (QED) is 0.816. The molecule has 1 N–H and O–H groups in total. The summed E-state index contributed by atoms with van der Waals surface area (Å²) in [5.41, 5.74) is -0.401. The van der Waals surface area contributed by atoms with Crippen LogP contribution in [0.15, 0.2) is 11.0 Å². The summed E-state index contributed by atoms with van der Waals surface area (Å²) in [4.78, 5) is 11.1. The number of hydrogen-bond donors (Lipinski definition) is 1. The van der Waals surface area contributed by atoms with E-state index in [9.17, 15) is 4.79 Å². The standard InChI is InChI=1S/C9H11ClN2O2/c10-8-7(5-11-12-9(8)13)14-6-3-1-2-4-6/h5-6H,1-4H2,(H,12,13). The Morgan fingerprint density at radius 3 is 2.93 bits per heavy atom. The third kappa shape index (κ3) is 1.90. The second-order valence-electron chi connectivity index (χ2n) is 3.40. The van der Waals surface area contributed by atoms with Crippen LogP contribution in [-0.2, 0) is 0 Å². The third-order valence-corrected chi connectivity index (χ3v) is 2.72. The summed E-state index contributed by atoms with van der Waals surface area (Å²) in [6, 6.07) is 0. The summed E-state index contributed by atoms with van der Waals surface area (Å²) in [5, 5.41) is 5.98. The van der Waals surface area contributed by atoms with Gasteiger partial charge in [-0.3, -0.25) is 4.79 Å². The highest BCUT2D eigenvalue weighted by molar-refractivity contribution is 6.31. The van der Waals surface area contributed by atoms with E-state index in [2.05, 4.69) is 10.2 Å². The van der Waals surface area contributed by atoms with Crippen LogP contribution in [0, 0.1) is 0 Å². The van der Waals surface area contributed by atoms with Crippen LogP contribution in [0.1, 0.15) is 25.7 Å². The van der Waals surface area contributed by atoms with Crippen LogP contribution in [0.4, 0.5) is 0 Å². The molecule has 0 aliphatic heterocycles. The molecule has 0 radical (unpaired) electrons. The highest BCUT2D eigenvalue weighted by Crippen LogP contribution is 2.26. The Bertz CT molecular complexity index is 371. The largest absolute Gasteiger partial charge is 0.487 e. The number of aromatic amines is 1. The van der Waals surface area contributed by atoms with Crippen LogP contribution in [0.2, 0.25) is 5.02 Å². The molecule has 0 unspecified atom stereocenters. The number of nitrogens with one attached hydrogen (secondary N) is 1. The second kappa shape index (κ2) is 4.00. The van der Waals surface area contributed by atoms with Gasteiger partial charge in [0.1, 0.15) is 0 Å². The normalized spacial score (nSPS) is 17.2. The molecule has 5 heteroatoms. The predicted octanol–water partition coefficient (Wildman–Crippen LogP) is 1.74. The van der Waals surface area contributed by atoms with Crippen molar-refractivity contribution in [1.82, 2.24) is 10.2 Å². The van der Waals surface area contributed by atoms with E-state index in [0.717, 1.165) is 12.8 Å². The first-order valence-electron chi connectivity index (χ1n) is 4.67. The fourth-order valence-electron chi connectivity index (χ4n) is 1.64. The van der Waals surface area contributed by atoms with Crippen molar-refractivity contribution in [1.29, 1.82) is 0 Å². The maximum absolute atomic E-state index is 11.1. The zero-order chi connectivity index (χ0) is 9.97. The predicted molar refractivity (Wildman–Crippen MR) is 52.8 cm³/mol. The van der Waals surface area contributed by atoms with Gasteiger partial charge in [0, 0.05) is 0 Å². The van der Waals surface area contributed by atoms with Gasteiger partial charge in [-0.1, -0.05) is 11.6 Å². The Morgan fingerprint density at radius 1 is 1.50 bits per heavy atom. The Morgan fingerprint density at radius 2 is 2.21 bits per heavy atom. The van der Waals surface area contributed by atoms with Crippen molar-refractivity contribution in [2.75, 3.05) is 0 Å². The van der Waals surface area contributed by atoms with Crippen LogP contribution in [0.25, 0.3) is 0 Å². The van der Waals surface area contributed by atoms with Gasteiger partial charge in [0.25, 0.3) is 5.56 Å². The van der Waals surface area contributed by atoms with E-state index in [1.54, 1.807) is 0 Å². The zero-order valence-corrected chi connectivity index (χ0v) is 8.38. The number of nitrogens with zero attached hydrogens (tertiary/aromatic N) is 1. The van der Waals surface area contributed by atoms with E-state index in [0.29, 0.717) is 5.75 Å². The molecule has 76 valence electrons. The number of aromatic nitrogens is 2. The van der Waals surface area contributed by atoms with E-state index in [1.807, 2.05) is 0 Å². The van der Waals surface area contributed by atoms with Crippen molar-refractivity contribution in [2.24, 2.45) is 0 Å². The lowest BCUT2D eigenvalue weighted by atomic mass is 10.3. The summed E-state index contributed by atoms with van der Waals surface area (Å²) in [7, 11) is 0. The van der Waals surface area contributed by atoms with Crippen LogP contribution in [0.3, 0.4) is 0 Å². The molecule has 1 saturated carbocycles. The molecule has 0 atom stereocenters. The average molecular weight is 215 g/mol. The molecule has 0 bridgehead atoms. The molecule has 0 amide bonds. The molecule has 2 rings (SSSR count). The number of hydrogen-bond acceptors (Lipinski definition) is 3. The van der Waals surface area contributed by atoms with Gasteiger partial charge in [-0.25, -0.2) is 5.10 Å². The molecule has 0 aromatic carbocycles. The van der Waals surface area contributed by atoms with Crippen molar-refractivity contribution in [2.45, 2.75) is 31.8 Å². The number of rotatable bonds is 2. The average Bonchev–Trinajstić information content (AvgIpc) is 2.66. The minimum absolute atomic E-state index is 0.0897. The maximum atomic E-state index is 11.1. The Kier molecular flexibility index (Phi) is 2.72. The monoisotopic (exact) mass is 214 g/mol. The van der Waals surface area contributed by atoms with Gasteiger partial charge >= 0.3 is 0 Å². The summed E-state index contributed by atoms with van der Waals surface area (Å²) >= 11 is 5.76. The molecule has 1 fully saturated rings. The van der Waals surface area contributed by atoms with Gasteiger partial charge in [-0.15, -0.1) is 0 Å². The molecule has 1 aromatic rings. The third-order valence-electron chi connectivity index (χ3n) is 2.36. The number of H-pyrrole nitrogens is 1. The molecular formula is C9H11ClN2O2. The molecule has 1 heterocycles. The maximum Gasteiger partial charge on any atom is 0.286 e. The smallest absolute Gasteiger partial charge is 0.286 e. The van der Waals surface area contributed by atoms with Crippen molar-refractivity contribution in [3.05, 3.63) is 21.6 Å². The van der Waals surface area contributed by atoms with Gasteiger partial charge in [-0.05, 0) is 25.7 Å². The van der Waals surface area contributed by atoms with E-state index in [1.165, 1.54) is 19.0 Å². The zero-order valence-electron chi connectivity index (χ0n) is 7.62. The SMILES string of the molecule is O=c1[nH]ncc(OC2CCCC2)c1Cl. The minimum Gasteiger partial charge on any atom is -0.487 e. The molecule has 1 aromatic heterocycles. The summed E-state index contributed by atoms with van der Waals surface area (Å²) < 4.78 is 5.57. The Hall–Kier alpha value is -1.03. The summed E-state index contributed by atoms with van der Waals surface area (Å²) in [5.74, 6) is 0.391. The molecule has 0 spiro atoms. The first-order chi connectivity index (χ1) is 6.77. The van der Waals surface area contributed by atoms with Gasteiger partial charge in [0.2, 0.25) is 0 Å². The highest BCUT2D eigenvalue weighted by atomic mass is 35.5. The van der Waals surface area contributed by atoms with E-state index >= 15 is 0 Å². The van der Waals surface area contributed by atoms with Crippen LogP contribution in [-0.4, -0.2) is 16.3 Å². The lowest BCUT2D eigenvalue weighted by Gasteiger charge is -2.12. The molecule has 1 aliphatic carbocycles. The van der Waals surface area contributed by atoms with E-state index in [4.69, 9.17) is 16.3 Å². The van der Waals surface area contributed by atoms with Crippen LogP contribution < -0.4 is 10.3 Å². The lowest BCUT2D eigenvalue weighted by molar-refractivity contribution is 0.208.